The highest BCUT2D eigenvalue weighted by atomic mass is 32.2. The number of hydrogen-bond donors (Lipinski definition) is 1. The SMILES string of the molecule is CC[C@@H](C(=O)NC1CCCCC1)N(Cc1ccc(C)cc1)C(=O)CN(c1ccccc1C)S(=O)(=O)c1ccc(C)cc1. The monoisotopic (exact) mass is 589 g/mol. The number of sulfonamides is 1. The number of nitrogens with zero attached hydrogens (tertiary/aromatic N) is 2. The van der Waals surface area contributed by atoms with Crippen molar-refractivity contribution in [3.8, 4) is 0 Å². The number of amides is 2. The van der Waals surface area contributed by atoms with Crippen molar-refractivity contribution in [3.05, 3.63) is 95.1 Å². The number of aryl methyl sites for hydroxylation is 3. The van der Waals surface area contributed by atoms with E-state index in [2.05, 4.69) is 5.32 Å². The second-order valence-corrected chi connectivity index (χ2v) is 13.2. The van der Waals surface area contributed by atoms with Crippen LogP contribution in [0.25, 0.3) is 0 Å². The number of rotatable bonds is 11. The van der Waals surface area contributed by atoms with Crippen LogP contribution in [-0.2, 0) is 26.2 Å². The van der Waals surface area contributed by atoms with Gasteiger partial charge in [-0.05, 0) is 69.4 Å². The molecule has 2 amide bonds. The van der Waals surface area contributed by atoms with E-state index in [4.69, 9.17) is 0 Å². The minimum absolute atomic E-state index is 0.0991. The van der Waals surface area contributed by atoms with E-state index in [0.29, 0.717) is 12.1 Å². The van der Waals surface area contributed by atoms with Gasteiger partial charge in [0, 0.05) is 12.6 Å². The molecule has 0 spiro atoms. The first-order valence-corrected chi connectivity index (χ1v) is 16.3. The zero-order valence-electron chi connectivity index (χ0n) is 25.2. The lowest BCUT2D eigenvalue weighted by molar-refractivity contribution is -0.140. The van der Waals surface area contributed by atoms with Crippen LogP contribution in [0.15, 0.2) is 77.7 Å². The summed E-state index contributed by atoms with van der Waals surface area (Å²) in [7, 11) is -4.09. The van der Waals surface area contributed by atoms with Crippen LogP contribution in [-0.4, -0.2) is 43.8 Å². The van der Waals surface area contributed by atoms with Crippen molar-refractivity contribution in [2.24, 2.45) is 0 Å². The fourth-order valence-corrected chi connectivity index (χ4v) is 7.03. The van der Waals surface area contributed by atoms with Gasteiger partial charge in [-0.25, -0.2) is 8.42 Å². The van der Waals surface area contributed by atoms with Crippen molar-refractivity contribution in [2.75, 3.05) is 10.8 Å². The average Bonchev–Trinajstić information content (AvgIpc) is 2.98. The second-order valence-electron chi connectivity index (χ2n) is 11.4. The second kappa shape index (κ2) is 14.0. The van der Waals surface area contributed by atoms with Crippen LogP contribution in [0.1, 0.15) is 67.7 Å². The van der Waals surface area contributed by atoms with E-state index < -0.39 is 28.5 Å². The largest absolute Gasteiger partial charge is 0.352 e. The molecule has 0 heterocycles. The number of carbonyl (C=O) groups is 2. The minimum Gasteiger partial charge on any atom is -0.352 e. The molecule has 3 aromatic rings. The maximum absolute atomic E-state index is 14.3. The van der Waals surface area contributed by atoms with Crippen molar-refractivity contribution in [2.45, 2.75) is 89.7 Å². The van der Waals surface area contributed by atoms with Gasteiger partial charge in [0.15, 0.2) is 0 Å². The van der Waals surface area contributed by atoms with Crippen LogP contribution < -0.4 is 9.62 Å². The fraction of sp³-hybridized carbons (Fsp3) is 0.412. The molecule has 0 bridgehead atoms. The molecule has 224 valence electrons. The molecule has 4 rings (SSSR count). The van der Waals surface area contributed by atoms with E-state index in [1.54, 1.807) is 41.3 Å². The Morgan fingerprint density at radius 3 is 2.05 bits per heavy atom. The van der Waals surface area contributed by atoms with Gasteiger partial charge in [-0.3, -0.25) is 13.9 Å². The van der Waals surface area contributed by atoms with Crippen LogP contribution >= 0.6 is 0 Å². The molecular formula is C34H43N3O4S. The van der Waals surface area contributed by atoms with Gasteiger partial charge in [0.2, 0.25) is 11.8 Å². The van der Waals surface area contributed by atoms with E-state index in [1.807, 2.05) is 64.1 Å². The molecule has 1 atom stereocenters. The molecule has 0 aliphatic heterocycles. The molecular weight excluding hydrogens is 546 g/mol. The number of nitrogens with one attached hydrogen (secondary N) is 1. The van der Waals surface area contributed by atoms with Crippen molar-refractivity contribution >= 4 is 27.5 Å². The third-order valence-corrected chi connectivity index (χ3v) is 9.86. The summed E-state index contributed by atoms with van der Waals surface area (Å²) < 4.78 is 29.3. The normalized spacial score (nSPS) is 14.7. The summed E-state index contributed by atoms with van der Waals surface area (Å²) in [6.07, 6.45) is 5.61. The molecule has 8 heteroatoms. The first kappa shape index (κ1) is 31.3. The first-order valence-electron chi connectivity index (χ1n) is 14.9. The Kier molecular flexibility index (Phi) is 10.4. The van der Waals surface area contributed by atoms with E-state index in [0.717, 1.165) is 47.9 Å². The standard InChI is InChI=1S/C34H43N3O4S/c1-5-31(34(39)35-29-12-7-6-8-13-29)36(23-28-19-15-25(2)16-20-28)33(38)24-37(32-14-10-9-11-27(32)4)42(40,41)30-21-17-26(3)18-22-30/h9-11,14-22,29,31H,5-8,12-13,23-24H2,1-4H3,(H,35,39)/t31-/m0/s1. The summed E-state index contributed by atoms with van der Waals surface area (Å²) in [5, 5.41) is 3.19. The first-order chi connectivity index (χ1) is 20.1. The Balaban J connectivity index is 1.71. The maximum atomic E-state index is 14.3. The highest BCUT2D eigenvalue weighted by molar-refractivity contribution is 7.92. The highest BCUT2D eigenvalue weighted by Crippen LogP contribution is 2.28. The fourth-order valence-electron chi connectivity index (χ4n) is 5.55. The van der Waals surface area contributed by atoms with Crippen LogP contribution in [0.5, 0.6) is 0 Å². The molecule has 1 fully saturated rings. The molecule has 1 N–H and O–H groups in total. The lowest BCUT2D eigenvalue weighted by Crippen LogP contribution is -2.54. The van der Waals surface area contributed by atoms with E-state index in [1.165, 1.54) is 10.7 Å². The molecule has 0 unspecified atom stereocenters. The van der Waals surface area contributed by atoms with Gasteiger partial charge in [0.25, 0.3) is 10.0 Å². The summed E-state index contributed by atoms with van der Waals surface area (Å²) in [5.41, 5.74) is 4.07. The predicted molar refractivity (Wildman–Crippen MR) is 168 cm³/mol. The molecule has 1 saturated carbocycles. The third-order valence-electron chi connectivity index (χ3n) is 8.08. The van der Waals surface area contributed by atoms with Crippen molar-refractivity contribution in [1.82, 2.24) is 10.2 Å². The van der Waals surface area contributed by atoms with Crippen LogP contribution in [0.2, 0.25) is 0 Å². The van der Waals surface area contributed by atoms with Gasteiger partial charge in [-0.15, -0.1) is 0 Å². The van der Waals surface area contributed by atoms with Gasteiger partial charge in [-0.2, -0.15) is 0 Å². The summed E-state index contributed by atoms with van der Waals surface area (Å²) in [6, 6.07) is 21.0. The zero-order chi connectivity index (χ0) is 30.3. The smallest absolute Gasteiger partial charge is 0.264 e. The maximum Gasteiger partial charge on any atom is 0.264 e. The van der Waals surface area contributed by atoms with Crippen LogP contribution in [0, 0.1) is 20.8 Å². The molecule has 7 nitrogen and oxygen atoms in total. The van der Waals surface area contributed by atoms with Crippen molar-refractivity contribution < 1.29 is 18.0 Å². The van der Waals surface area contributed by atoms with Crippen molar-refractivity contribution in [3.63, 3.8) is 0 Å². The Hall–Kier alpha value is -3.65. The van der Waals surface area contributed by atoms with Gasteiger partial charge in [0.1, 0.15) is 12.6 Å². The average molecular weight is 590 g/mol. The predicted octanol–water partition coefficient (Wildman–Crippen LogP) is 6.06. The lowest BCUT2D eigenvalue weighted by atomic mass is 9.95. The Bertz CT molecular complexity index is 1460. The molecule has 42 heavy (non-hydrogen) atoms. The summed E-state index contributed by atoms with van der Waals surface area (Å²) in [6.45, 7) is 7.37. The quantitative estimate of drug-likeness (QED) is 0.294. The highest BCUT2D eigenvalue weighted by Gasteiger charge is 2.34. The van der Waals surface area contributed by atoms with E-state index in [-0.39, 0.29) is 23.4 Å². The topological polar surface area (TPSA) is 86.8 Å². The van der Waals surface area contributed by atoms with Crippen LogP contribution in [0.4, 0.5) is 5.69 Å². The molecule has 0 radical (unpaired) electrons. The molecule has 1 aliphatic carbocycles. The van der Waals surface area contributed by atoms with Crippen LogP contribution in [0.3, 0.4) is 0 Å². The number of benzene rings is 3. The summed E-state index contributed by atoms with van der Waals surface area (Å²) in [5.74, 6) is -0.617. The van der Waals surface area contributed by atoms with E-state index in [9.17, 15) is 18.0 Å². The van der Waals surface area contributed by atoms with Gasteiger partial charge in [0.05, 0.1) is 10.6 Å². The Labute approximate surface area is 251 Å². The molecule has 0 aromatic heterocycles. The summed E-state index contributed by atoms with van der Waals surface area (Å²) in [4.78, 5) is 29.6. The lowest BCUT2D eigenvalue weighted by Gasteiger charge is -2.34. The zero-order valence-corrected chi connectivity index (χ0v) is 26.0. The molecule has 0 saturated heterocycles. The molecule has 1 aliphatic rings. The van der Waals surface area contributed by atoms with E-state index >= 15 is 0 Å². The number of para-hydroxylation sites is 1. The van der Waals surface area contributed by atoms with Gasteiger partial charge in [-0.1, -0.05) is 91.9 Å². The van der Waals surface area contributed by atoms with Crippen molar-refractivity contribution in [1.29, 1.82) is 0 Å². The number of hydrogen-bond acceptors (Lipinski definition) is 4. The van der Waals surface area contributed by atoms with Gasteiger partial charge < -0.3 is 10.2 Å². The van der Waals surface area contributed by atoms with Gasteiger partial charge >= 0.3 is 0 Å². The Morgan fingerprint density at radius 2 is 1.45 bits per heavy atom. The number of anilines is 1. The third kappa shape index (κ3) is 7.59. The molecule has 3 aromatic carbocycles. The summed E-state index contributed by atoms with van der Waals surface area (Å²) >= 11 is 0. The minimum atomic E-state index is -4.09. The Morgan fingerprint density at radius 1 is 0.857 bits per heavy atom. The number of carbonyl (C=O) groups excluding carboxylic acids is 2.